The normalized spacial score (nSPS) is 10.0. The number of nitrogens with one attached hydrogen (secondary N) is 2. The fourth-order valence-corrected chi connectivity index (χ4v) is 1.64. The average Bonchev–Trinajstić information content (AvgIpc) is 2.39. The van der Waals surface area contributed by atoms with E-state index in [2.05, 4.69) is 39.7 Å². The van der Waals surface area contributed by atoms with Gasteiger partial charge in [-0.1, -0.05) is 25.1 Å². The molecule has 17 heavy (non-hydrogen) atoms. The topological polar surface area (TPSA) is 49.8 Å². The summed E-state index contributed by atoms with van der Waals surface area (Å²) in [6.07, 6.45) is 2.73. The molecule has 88 valence electrons. The number of benzene rings is 1. The van der Waals surface area contributed by atoms with Crippen molar-refractivity contribution in [2.45, 2.75) is 13.3 Å². The van der Waals surface area contributed by atoms with Crippen LogP contribution in [0, 0.1) is 0 Å². The van der Waals surface area contributed by atoms with E-state index in [1.165, 1.54) is 5.56 Å². The summed E-state index contributed by atoms with van der Waals surface area (Å²) >= 11 is 0. The van der Waals surface area contributed by atoms with Gasteiger partial charge in [-0.2, -0.15) is 4.98 Å². The number of hydrogen-bond acceptors (Lipinski definition) is 4. The zero-order valence-corrected chi connectivity index (χ0v) is 10.1. The van der Waals surface area contributed by atoms with Crippen molar-refractivity contribution in [3.63, 3.8) is 0 Å². The minimum Gasteiger partial charge on any atom is -0.357 e. The van der Waals surface area contributed by atoms with Crippen molar-refractivity contribution in [3.05, 3.63) is 42.1 Å². The Morgan fingerprint density at radius 3 is 2.76 bits per heavy atom. The van der Waals surface area contributed by atoms with Gasteiger partial charge in [0.15, 0.2) is 0 Å². The lowest BCUT2D eigenvalue weighted by Crippen LogP contribution is -2.01. The lowest BCUT2D eigenvalue weighted by Gasteiger charge is -2.10. The first-order chi connectivity index (χ1) is 8.33. The first kappa shape index (κ1) is 11.4. The maximum atomic E-state index is 4.33. The van der Waals surface area contributed by atoms with E-state index in [1.54, 1.807) is 13.2 Å². The van der Waals surface area contributed by atoms with Gasteiger partial charge in [0.1, 0.15) is 5.82 Å². The summed E-state index contributed by atoms with van der Waals surface area (Å²) in [5.41, 5.74) is 2.37. The molecule has 4 heteroatoms. The molecule has 0 atom stereocenters. The van der Waals surface area contributed by atoms with Gasteiger partial charge in [-0.25, -0.2) is 4.98 Å². The molecule has 2 aromatic rings. The van der Waals surface area contributed by atoms with Crippen LogP contribution in [0.1, 0.15) is 12.5 Å². The highest BCUT2D eigenvalue weighted by molar-refractivity contribution is 5.60. The van der Waals surface area contributed by atoms with Crippen LogP contribution in [0.2, 0.25) is 0 Å². The molecular formula is C13H16N4. The molecule has 0 aliphatic carbocycles. The third-order valence-corrected chi connectivity index (χ3v) is 2.54. The summed E-state index contributed by atoms with van der Waals surface area (Å²) < 4.78 is 0. The molecule has 2 N–H and O–H groups in total. The van der Waals surface area contributed by atoms with E-state index < -0.39 is 0 Å². The quantitative estimate of drug-likeness (QED) is 0.844. The predicted octanol–water partition coefficient (Wildman–Crippen LogP) is 2.82. The largest absolute Gasteiger partial charge is 0.357 e. The Hall–Kier alpha value is -2.10. The minimum absolute atomic E-state index is 0.615. The number of aromatic nitrogens is 2. The van der Waals surface area contributed by atoms with Gasteiger partial charge in [0, 0.05) is 18.9 Å². The Kier molecular flexibility index (Phi) is 3.55. The molecule has 0 fully saturated rings. The SMILES string of the molecule is CCc1ccccc1Nc1ccnc(NC)n1. The first-order valence-electron chi connectivity index (χ1n) is 5.69. The summed E-state index contributed by atoms with van der Waals surface area (Å²) in [4.78, 5) is 8.41. The van der Waals surface area contributed by atoms with Crippen molar-refractivity contribution in [1.29, 1.82) is 0 Å². The Morgan fingerprint density at radius 2 is 2.00 bits per heavy atom. The number of aryl methyl sites for hydroxylation is 1. The van der Waals surface area contributed by atoms with E-state index in [-0.39, 0.29) is 0 Å². The lowest BCUT2D eigenvalue weighted by molar-refractivity contribution is 1.12. The van der Waals surface area contributed by atoms with Gasteiger partial charge in [-0.05, 0) is 24.1 Å². The second-order valence-corrected chi connectivity index (χ2v) is 3.65. The maximum absolute atomic E-state index is 4.33. The molecule has 1 heterocycles. The summed E-state index contributed by atoms with van der Waals surface area (Å²) in [6, 6.07) is 10.1. The van der Waals surface area contributed by atoms with Crippen LogP contribution in [0.5, 0.6) is 0 Å². The second-order valence-electron chi connectivity index (χ2n) is 3.65. The molecule has 0 amide bonds. The molecule has 0 bridgehead atoms. The summed E-state index contributed by atoms with van der Waals surface area (Å²) in [6.45, 7) is 2.14. The third kappa shape index (κ3) is 2.72. The van der Waals surface area contributed by atoms with Crippen molar-refractivity contribution in [3.8, 4) is 0 Å². The molecule has 0 saturated carbocycles. The monoisotopic (exact) mass is 228 g/mol. The molecule has 0 aliphatic heterocycles. The lowest BCUT2D eigenvalue weighted by atomic mass is 10.1. The van der Waals surface area contributed by atoms with Crippen LogP contribution in [-0.2, 0) is 6.42 Å². The van der Waals surface area contributed by atoms with E-state index in [4.69, 9.17) is 0 Å². The van der Waals surface area contributed by atoms with Crippen LogP contribution < -0.4 is 10.6 Å². The van der Waals surface area contributed by atoms with E-state index in [1.807, 2.05) is 18.2 Å². The van der Waals surface area contributed by atoms with E-state index in [9.17, 15) is 0 Å². The number of para-hydroxylation sites is 1. The highest BCUT2D eigenvalue weighted by Crippen LogP contribution is 2.20. The Labute approximate surface area is 101 Å². The van der Waals surface area contributed by atoms with E-state index in [0.29, 0.717) is 5.95 Å². The number of nitrogens with zero attached hydrogens (tertiary/aromatic N) is 2. The second kappa shape index (κ2) is 5.30. The van der Waals surface area contributed by atoms with Crippen molar-refractivity contribution < 1.29 is 0 Å². The highest BCUT2D eigenvalue weighted by atomic mass is 15.1. The van der Waals surface area contributed by atoms with Gasteiger partial charge < -0.3 is 10.6 Å². The number of anilines is 3. The Bertz CT molecular complexity index is 496. The number of rotatable bonds is 4. The van der Waals surface area contributed by atoms with Gasteiger partial charge in [0.05, 0.1) is 0 Å². The van der Waals surface area contributed by atoms with Crippen LogP contribution in [-0.4, -0.2) is 17.0 Å². The highest BCUT2D eigenvalue weighted by Gasteiger charge is 2.01. The zero-order chi connectivity index (χ0) is 12.1. The van der Waals surface area contributed by atoms with Gasteiger partial charge in [-0.15, -0.1) is 0 Å². The molecule has 0 aliphatic rings. The molecule has 0 radical (unpaired) electrons. The van der Waals surface area contributed by atoms with E-state index in [0.717, 1.165) is 17.9 Å². The van der Waals surface area contributed by atoms with E-state index >= 15 is 0 Å². The summed E-state index contributed by atoms with van der Waals surface area (Å²) in [7, 11) is 1.80. The standard InChI is InChI=1S/C13H16N4/c1-3-10-6-4-5-7-11(10)16-12-8-9-15-13(14-2)17-12/h4-9H,3H2,1-2H3,(H2,14,15,16,17). The van der Waals surface area contributed by atoms with Crippen molar-refractivity contribution in [2.75, 3.05) is 17.7 Å². The molecule has 4 nitrogen and oxygen atoms in total. The van der Waals surface area contributed by atoms with Gasteiger partial charge in [0.25, 0.3) is 0 Å². The fraction of sp³-hybridized carbons (Fsp3) is 0.231. The van der Waals surface area contributed by atoms with Gasteiger partial charge in [-0.3, -0.25) is 0 Å². The van der Waals surface area contributed by atoms with Gasteiger partial charge >= 0.3 is 0 Å². The third-order valence-electron chi connectivity index (χ3n) is 2.54. The van der Waals surface area contributed by atoms with Crippen molar-refractivity contribution in [2.24, 2.45) is 0 Å². The molecule has 0 spiro atoms. The van der Waals surface area contributed by atoms with Crippen LogP contribution >= 0.6 is 0 Å². The van der Waals surface area contributed by atoms with Gasteiger partial charge in [0.2, 0.25) is 5.95 Å². The predicted molar refractivity (Wildman–Crippen MR) is 70.7 cm³/mol. The molecule has 1 aromatic heterocycles. The summed E-state index contributed by atoms with van der Waals surface area (Å²) in [5, 5.41) is 6.23. The minimum atomic E-state index is 0.615. The Balaban J connectivity index is 2.24. The van der Waals surface area contributed by atoms with Crippen LogP contribution in [0.15, 0.2) is 36.5 Å². The van der Waals surface area contributed by atoms with Crippen LogP contribution in [0.25, 0.3) is 0 Å². The van der Waals surface area contributed by atoms with Crippen molar-refractivity contribution >= 4 is 17.5 Å². The molecule has 1 aromatic carbocycles. The molecule has 0 unspecified atom stereocenters. The summed E-state index contributed by atoms with van der Waals surface area (Å²) in [5.74, 6) is 1.41. The fourth-order valence-electron chi connectivity index (χ4n) is 1.64. The zero-order valence-electron chi connectivity index (χ0n) is 10.1. The maximum Gasteiger partial charge on any atom is 0.224 e. The number of hydrogen-bond donors (Lipinski definition) is 2. The molecule has 2 rings (SSSR count). The first-order valence-corrected chi connectivity index (χ1v) is 5.69. The van der Waals surface area contributed by atoms with Crippen molar-refractivity contribution in [1.82, 2.24) is 9.97 Å². The molecular weight excluding hydrogens is 212 g/mol. The smallest absolute Gasteiger partial charge is 0.224 e. The average molecular weight is 228 g/mol. The van der Waals surface area contributed by atoms with Crippen LogP contribution in [0.4, 0.5) is 17.5 Å². The Morgan fingerprint density at radius 1 is 1.18 bits per heavy atom. The van der Waals surface area contributed by atoms with Crippen LogP contribution in [0.3, 0.4) is 0 Å². The molecule has 0 saturated heterocycles.